The lowest BCUT2D eigenvalue weighted by Gasteiger charge is -2.19. The number of thioether (sulfide) groups is 1. The molecule has 394 valence electrons. The number of aldehydes is 1. The van der Waals surface area contributed by atoms with Crippen molar-refractivity contribution in [2.75, 3.05) is 72.3 Å². The van der Waals surface area contributed by atoms with Crippen LogP contribution in [-0.2, 0) is 14.3 Å². The third-order valence-corrected chi connectivity index (χ3v) is 10.8. The third kappa shape index (κ3) is 80.6. The highest BCUT2D eigenvalue weighted by Crippen LogP contribution is 2.12. The Hall–Kier alpha value is -0.780. The van der Waals surface area contributed by atoms with Crippen LogP contribution in [0.2, 0.25) is 0 Å². The van der Waals surface area contributed by atoms with Crippen molar-refractivity contribution in [3.8, 4) is 0 Å². The first-order valence-electron chi connectivity index (χ1n) is 27.4. The monoisotopic (exact) mass is 948 g/mol. The summed E-state index contributed by atoms with van der Waals surface area (Å²) in [7, 11) is 1.79. The average Bonchev–Trinajstić information content (AvgIpc) is 3.31. The second-order valence-corrected chi connectivity index (χ2v) is 18.2. The molecule has 0 rings (SSSR count). The number of carbonyl (C=O) groups excluding carboxylic acids is 1. The molecule has 2 unspecified atom stereocenters. The number of hydrogen-bond acceptors (Lipinski definition) is 9. The van der Waals surface area contributed by atoms with Gasteiger partial charge in [-0.15, -0.1) is 0 Å². The molecule has 4 N–H and O–H groups in total. The van der Waals surface area contributed by atoms with Crippen molar-refractivity contribution in [3.63, 3.8) is 0 Å². The molecule has 0 aliphatic rings. The number of aliphatic hydroxyl groups is 4. The first-order chi connectivity index (χ1) is 31.9. The van der Waals surface area contributed by atoms with Crippen LogP contribution in [0.1, 0.15) is 247 Å². The van der Waals surface area contributed by atoms with Gasteiger partial charge >= 0.3 is 0 Å². The van der Waals surface area contributed by atoms with Gasteiger partial charge in [0.25, 0.3) is 0 Å². The molecule has 0 aromatic carbocycles. The second kappa shape index (κ2) is 74.8. The number of unbranched alkanes of at least 4 members (excludes halogenated alkanes) is 27. The van der Waals surface area contributed by atoms with Crippen molar-refractivity contribution >= 4 is 18.0 Å². The number of allylic oxidation sites excluding steroid dienone is 4. The molecule has 0 heterocycles. The maximum atomic E-state index is 10.5. The Kier molecular flexibility index (Phi) is 84.2. The van der Waals surface area contributed by atoms with Gasteiger partial charge in [-0.3, -0.25) is 4.90 Å². The molecule has 2 atom stereocenters. The third-order valence-electron chi connectivity index (χ3n) is 10.8. The van der Waals surface area contributed by atoms with Gasteiger partial charge in [0.2, 0.25) is 0 Å². The second-order valence-electron chi connectivity index (χ2n) is 17.4. The van der Waals surface area contributed by atoms with Crippen LogP contribution in [0.3, 0.4) is 0 Å². The van der Waals surface area contributed by atoms with Crippen LogP contribution in [0, 0.1) is 5.92 Å². The van der Waals surface area contributed by atoms with E-state index in [4.69, 9.17) is 24.8 Å². The fourth-order valence-corrected chi connectivity index (χ4v) is 6.92. The van der Waals surface area contributed by atoms with E-state index in [1.54, 1.807) is 25.8 Å². The lowest BCUT2D eigenvalue weighted by Crippen LogP contribution is -2.30. The first kappa shape index (κ1) is 73.2. The topological polar surface area (TPSA) is 120 Å². The fourth-order valence-electron chi connectivity index (χ4n) is 6.92. The highest BCUT2D eigenvalue weighted by atomic mass is 32.2. The Morgan fingerprint density at radius 1 is 0.492 bits per heavy atom. The number of rotatable bonds is 46. The molecule has 0 fully saturated rings. The van der Waals surface area contributed by atoms with Gasteiger partial charge < -0.3 is 34.7 Å². The van der Waals surface area contributed by atoms with E-state index in [-0.39, 0.29) is 25.7 Å². The maximum absolute atomic E-state index is 10.5. The lowest BCUT2D eigenvalue weighted by molar-refractivity contribution is -0.124. The van der Waals surface area contributed by atoms with E-state index < -0.39 is 6.29 Å². The summed E-state index contributed by atoms with van der Waals surface area (Å²) >= 11 is 1.75. The van der Waals surface area contributed by atoms with E-state index in [1.165, 1.54) is 167 Å². The van der Waals surface area contributed by atoms with Crippen molar-refractivity contribution in [2.24, 2.45) is 5.92 Å². The summed E-state index contributed by atoms with van der Waals surface area (Å²) in [6.45, 7) is 14.6. The van der Waals surface area contributed by atoms with Crippen LogP contribution in [0.4, 0.5) is 0 Å². The molecule has 0 aromatic rings. The summed E-state index contributed by atoms with van der Waals surface area (Å²) in [5.74, 6) is -0.134. The molecule has 0 saturated heterocycles. The number of carbonyl (C=O) groups is 1. The van der Waals surface area contributed by atoms with E-state index >= 15 is 0 Å². The molecule has 0 amide bonds. The van der Waals surface area contributed by atoms with Crippen molar-refractivity contribution in [3.05, 3.63) is 24.3 Å². The Bertz CT molecular complexity index is 828. The van der Waals surface area contributed by atoms with Gasteiger partial charge in [-0.2, -0.15) is 11.8 Å². The van der Waals surface area contributed by atoms with Gasteiger partial charge in [0, 0.05) is 52.4 Å². The number of methoxy groups -OCH3 is 1. The number of hydrogen-bond donors (Lipinski definition) is 4. The van der Waals surface area contributed by atoms with Gasteiger partial charge in [0.05, 0.1) is 13.2 Å². The standard InChI is InChI=1S/C23H44O3.C19H38O.C10H23NO3.C2H6S.C2H6/c1-3-4-5-6-7-8-9-10-11-12-13-14-15-16-17-18-19-26-23(25)20-22(2)21-24;1-3-4-5-6-7-8-9-10-11-12-13-14-15-16-17-18-19-20-2;12-8-4-2-1-3-5-11(6-9-13)7-10-14;1-3-2;1-2/h10-11,21-23,25H,3-9,12-20H2,1-2H3;10-11H,3-9,12-19H2,1-2H3;12-14H,1-10H2;1-2H3;1-2H3/b2*11-10-;;;. The molecule has 0 aromatic heterocycles. The smallest absolute Gasteiger partial charge is 0.155 e. The minimum atomic E-state index is -0.793. The van der Waals surface area contributed by atoms with Gasteiger partial charge in [-0.25, -0.2) is 0 Å². The van der Waals surface area contributed by atoms with Gasteiger partial charge in [0.1, 0.15) is 6.29 Å². The Labute approximate surface area is 411 Å². The van der Waals surface area contributed by atoms with Crippen molar-refractivity contribution < 1.29 is 34.7 Å². The fraction of sp³-hybridized carbons (Fsp3) is 0.911. The van der Waals surface area contributed by atoms with Crippen LogP contribution in [0.25, 0.3) is 0 Å². The minimum absolute atomic E-state index is 0.134. The van der Waals surface area contributed by atoms with E-state index in [1.807, 2.05) is 26.4 Å². The highest BCUT2D eigenvalue weighted by Gasteiger charge is 2.09. The summed E-state index contributed by atoms with van der Waals surface area (Å²) in [4.78, 5) is 12.6. The van der Waals surface area contributed by atoms with Gasteiger partial charge in [-0.1, -0.05) is 187 Å². The number of aliphatic hydroxyl groups excluding tert-OH is 4. The van der Waals surface area contributed by atoms with Gasteiger partial charge in [-0.05, 0) is 96.1 Å². The van der Waals surface area contributed by atoms with E-state index in [2.05, 4.69) is 43.1 Å². The number of nitrogens with zero attached hydrogens (tertiary/aromatic N) is 1. The minimum Gasteiger partial charge on any atom is -0.396 e. The van der Waals surface area contributed by atoms with Crippen molar-refractivity contribution in [2.45, 2.75) is 253 Å². The molecule has 8 nitrogen and oxygen atoms in total. The average molecular weight is 949 g/mol. The maximum Gasteiger partial charge on any atom is 0.155 e. The normalized spacial score (nSPS) is 11.9. The van der Waals surface area contributed by atoms with Crippen LogP contribution < -0.4 is 0 Å². The molecule has 0 bridgehead atoms. The van der Waals surface area contributed by atoms with Crippen LogP contribution in [0.5, 0.6) is 0 Å². The summed E-state index contributed by atoms with van der Waals surface area (Å²) < 4.78 is 10.4. The predicted molar refractivity (Wildman–Crippen MR) is 290 cm³/mol. The summed E-state index contributed by atoms with van der Waals surface area (Å²) in [5.41, 5.74) is 0. The van der Waals surface area contributed by atoms with Gasteiger partial charge in [0.15, 0.2) is 6.29 Å². The molecule has 0 radical (unpaired) electrons. The van der Waals surface area contributed by atoms with E-state index in [9.17, 15) is 9.90 Å². The summed E-state index contributed by atoms with van der Waals surface area (Å²) in [6.07, 6.45) is 55.4. The molecular weight excluding hydrogens is 831 g/mol. The van der Waals surface area contributed by atoms with Crippen LogP contribution >= 0.6 is 11.8 Å². The van der Waals surface area contributed by atoms with Crippen LogP contribution in [-0.4, -0.2) is 110 Å². The predicted octanol–water partition coefficient (Wildman–Crippen LogP) is 15.1. The molecule has 65 heavy (non-hydrogen) atoms. The molecular formula is C56H117NO7S. The summed E-state index contributed by atoms with van der Waals surface area (Å²) in [5, 5.41) is 35.7. The Morgan fingerprint density at radius 3 is 1.18 bits per heavy atom. The quantitative estimate of drug-likeness (QED) is 0.0205. The Balaban J connectivity index is -0.000000273. The van der Waals surface area contributed by atoms with E-state index in [0.717, 1.165) is 58.0 Å². The first-order valence-corrected chi connectivity index (χ1v) is 29.0. The zero-order valence-corrected chi connectivity index (χ0v) is 45.7. The molecule has 0 aliphatic heterocycles. The van der Waals surface area contributed by atoms with Crippen molar-refractivity contribution in [1.82, 2.24) is 4.90 Å². The molecule has 0 spiro atoms. The Morgan fingerprint density at radius 2 is 0.831 bits per heavy atom. The SMILES string of the molecule is CC.CCCCCCCC/C=C\CCCCCCCCOC.CCCCCCCC/C=C\CCCCCCCCOC(O)CC(C)C=O.CSC.OCCCCCCN(CCO)CCO. The lowest BCUT2D eigenvalue weighted by atomic mass is 10.1. The zero-order valence-electron chi connectivity index (χ0n) is 44.9. The van der Waals surface area contributed by atoms with Crippen LogP contribution in [0.15, 0.2) is 24.3 Å². The zero-order chi connectivity index (χ0) is 49.4. The highest BCUT2D eigenvalue weighted by molar-refractivity contribution is 7.97. The molecule has 9 heteroatoms. The van der Waals surface area contributed by atoms with Crippen molar-refractivity contribution in [1.29, 1.82) is 0 Å². The summed E-state index contributed by atoms with van der Waals surface area (Å²) in [6, 6.07) is 0. The molecule has 0 aliphatic carbocycles. The van der Waals surface area contributed by atoms with E-state index in [0.29, 0.717) is 26.1 Å². The number of ether oxygens (including phenoxy) is 2. The largest absolute Gasteiger partial charge is 0.396 e. The molecule has 0 saturated carbocycles.